The predicted octanol–water partition coefficient (Wildman–Crippen LogP) is 2.18. The van der Waals surface area contributed by atoms with Gasteiger partial charge in [-0.15, -0.1) is 0 Å². The number of likely N-dealkylation sites (N-methyl/N-ethyl adjacent to an activating group) is 1. The minimum Gasteiger partial charge on any atom is -0.459 e. The molecule has 0 aromatic heterocycles. The van der Waals surface area contributed by atoms with E-state index in [1.165, 1.54) is 33.3 Å². The number of carbonyl (C=O) groups excluding carboxylic acids is 2. The summed E-state index contributed by atoms with van der Waals surface area (Å²) in [6.07, 6.45) is -9.71. The summed E-state index contributed by atoms with van der Waals surface area (Å²) in [5, 5.41) is 66.2. The molecular weight excluding hydrogens is 724 g/mol. The average molecular weight is 793 g/mol. The molecule has 3 aliphatic heterocycles. The summed E-state index contributed by atoms with van der Waals surface area (Å²) in [6, 6.07) is -0.324. The number of esters is 1. The molecule has 3 aliphatic rings. The molecule has 18 atom stereocenters. The average Bonchev–Trinajstić information content (AvgIpc) is 3.09. The molecule has 3 saturated heterocycles. The van der Waals surface area contributed by atoms with Crippen LogP contribution >= 0.6 is 12.6 Å². The van der Waals surface area contributed by atoms with Gasteiger partial charge in [-0.25, -0.2) is 0 Å². The number of Topliss-reactive ketones (excluding diaryl/α,β-unsaturated/α-hetero) is 1. The van der Waals surface area contributed by atoms with Crippen LogP contribution in [-0.2, 0) is 38.0 Å². The summed E-state index contributed by atoms with van der Waals surface area (Å²) in [7, 11) is 5.18. The van der Waals surface area contributed by atoms with Crippen LogP contribution in [0.25, 0.3) is 0 Å². The van der Waals surface area contributed by atoms with Crippen molar-refractivity contribution in [1.29, 1.82) is 5.26 Å². The molecule has 0 aliphatic carbocycles. The number of nitrogens with zero attached hydrogens (tertiary/aromatic N) is 2. The maximum absolute atomic E-state index is 14.1. The Balaban J connectivity index is 0.00000325. The number of cyclic esters (lactones) is 1. The van der Waals surface area contributed by atoms with Gasteiger partial charge in [0.25, 0.3) is 0 Å². The lowest BCUT2D eigenvalue weighted by Gasteiger charge is -2.49. The SMILES string of the molecule is CC[C@H]1OC(=O)[C@H](C)[C@@H](OC2C[C@@](C)(OC)[C@@H](O)[C@H](C)O2)[C@H](C)[C@@H](O[C@@H]2O[C@H](C)C[C@H](N(C)C)[C@H]2O)[C@](C)(O)C[C@@H](C)C(=O)[C@H](C)[C@@H](O)[C@]1(C)O.N#CS. The highest BCUT2D eigenvalue weighted by atomic mass is 32.1. The largest absolute Gasteiger partial charge is 0.459 e. The number of aliphatic hydroxyl groups is 5. The van der Waals surface area contributed by atoms with Crippen molar-refractivity contribution in [2.75, 3.05) is 21.2 Å². The number of methoxy groups -OCH3 is 1. The van der Waals surface area contributed by atoms with Crippen LogP contribution in [-0.4, -0.2) is 148 Å². The number of thiol groups is 1. The molecule has 15 nitrogen and oxygen atoms in total. The number of thiocyanates is 1. The van der Waals surface area contributed by atoms with Gasteiger partial charge in [0.05, 0.1) is 47.6 Å². The van der Waals surface area contributed by atoms with Crippen molar-refractivity contribution in [3.05, 3.63) is 0 Å². The molecule has 0 aromatic carbocycles. The number of ether oxygens (including phenoxy) is 6. The maximum atomic E-state index is 14.1. The lowest BCUT2D eigenvalue weighted by Crippen LogP contribution is -2.61. The quantitative estimate of drug-likeness (QED) is 0.124. The molecule has 54 heavy (non-hydrogen) atoms. The molecule has 0 spiro atoms. The van der Waals surface area contributed by atoms with Crippen molar-refractivity contribution < 1.29 is 63.5 Å². The molecule has 0 saturated carbocycles. The molecule has 1 unspecified atom stereocenters. The third-order valence-corrected chi connectivity index (χ3v) is 11.8. The zero-order valence-corrected chi connectivity index (χ0v) is 35.2. The van der Waals surface area contributed by atoms with Gasteiger partial charge in [0.2, 0.25) is 0 Å². The van der Waals surface area contributed by atoms with E-state index in [9.17, 15) is 35.1 Å². The lowest BCUT2D eigenvalue weighted by atomic mass is 9.74. The second kappa shape index (κ2) is 19.8. The van der Waals surface area contributed by atoms with Crippen LogP contribution < -0.4 is 0 Å². The van der Waals surface area contributed by atoms with E-state index < -0.39 is 108 Å². The minimum absolute atomic E-state index is 0.0936. The lowest BCUT2D eigenvalue weighted by molar-refractivity contribution is -0.318. The van der Waals surface area contributed by atoms with Crippen LogP contribution in [0.5, 0.6) is 0 Å². The number of nitriles is 1. The highest BCUT2D eigenvalue weighted by molar-refractivity contribution is 7.85. The molecular formula is C38H68N2O13S. The highest BCUT2D eigenvalue weighted by Gasteiger charge is 2.53. The first kappa shape index (κ1) is 48.7. The molecule has 16 heteroatoms. The van der Waals surface area contributed by atoms with Crippen LogP contribution in [0.3, 0.4) is 0 Å². The molecule has 3 fully saturated rings. The summed E-state index contributed by atoms with van der Waals surface area (Å²) in [6.45, 7) is 16.3. The number of aliphatic hydroxyl groups excluding tert-OH is 3. The topological polar surface area (TPSA) is 218 Å². The van der Waals surface area contributed by atoms with Gasteiger partial charge < -0.3 is 58.9 Å². The van der Waals surface area contributed by atoms with Gasteiger partial charge in [-0.2, -0.15) is 5.26 Å². The third-order valence-electron chi connectivity index (χ3n) is 11.8. The van der Waals surface area contributed by atoms with Gasteiger partial charge in [-0.3, -0.25) is 9.59 Å². The van der Waals surface area contributed by atoms with Crippen molar-refractivity contribution >= 4 is 24.4 Å². The summed E-state index contributed by atoms with van der Waals surface area (Å²) in [4.78, 5) is 29.8. The Bertz CT molecular complexity index is 1270. The molecule has 3 heterocycles. The summed E-state index contributed by atoms with van der Waals surface area (Å²) >= 11 is 3.09. The molecule has 0 aromatic rings. The Morgan fingerprint density at radius 1 is 0.944 bits per heavy atom. The van der Waals surface area contributed by atoms with Gasteiger partial charge in [0, 0.05) is 37.3 Å². The number of rotatable bonds is 7. The smallest absolute Gasteiger partial charge is 0.311 e. The number of hydrogen-bond acceptors (Lipinski definition) is 16. The highest BCUT2D eigenvalue weighted by Crippen LogP contribution is 2.40. The number of ketones is 1. The molecule has 3 rings (SSSR count). The fourth-order valence-corrected chi connectivity index (χ4v) is 8.41. The van der Waals surface area contributed by atoms with Gasteiger partial charge in [-0.1, -0.05) is 40.3 Å². The zero-order chi connectivity index (χ0) is 41.7. The Hall–Kier alpha value is -1.46. The van der Waals surface area contributed by atoms with E-state index in [-0.39, 0.29) is 31.4 Å². The van der Waals surface area contributed by atoms with E-state index in [2.05, 4.69) is 12.6 Å². The Kier molecular flexibility index (Phi) is 17.9. The zero-order valence-electron chi connectivity index (χ0n) is 34.3. The number of hydrogen-bond donors (Lipinski definition) is 6. The van der Waals surface area contributed by atoms with Crippen molar-refractivity contribution in [2.24, 2.45) is 23.7 Å². The first-order valence-electron chi connectivity index (χ1n) is 18.9. The van der Waals surface area contributed by atoms with Crippen molar-refractivity contribution in [2.45, 2.75) is 179 Å². The van der Waals surface area contributed by atoms with Gasteiger partial charge >= 0.3 is 5.97 Å². The third kappa shape index (κ3) is 11.1. The van der Waals surface area contributed by atoms with Crippen molar-refractivity contribution in [1.82, 2.24) is 4.90 Å². The fraction of sp³-hybridized carbons (Fsp3) is 0.921. The first-order valence-corrected chi connectivity index (χ1v) is 19.4. The normalized spacial score (nSPS) is 47.1. The van der Waals surface area contributed by atoms with E-state index in [1.54, 1.807) is 41.5 Å². The summed E-state index contributed by atoms with van der Waals surface area (Å²) < 4.78 is 37.1. The van der Waals surface area contributed by atoms with Crippen LogP contribution in [0.15, 0.2) is 0 Å². The minimum atomic E-state index is -1.99. The molecule has 0 radical (unpaired) electrons. The summed E-state index contributed by atoms with van der Waals surface area (Å²) in [5.74, 6) is -4.98. The molecule has 0 amide bonds. The standard InChI is InChI=1S/C37H67NO13.CHNS/c1-14-25-37(10,45)30(41)20(4)27(39)18(2)16-35(8,44)32(51-34-28(40)24(38(11)12)15-19(3)47-34)21(5)29(22(6)33(43)49-25)50-26-17-36(9,46-13)31(42)23(7)48-26;2-1-3/h18-26,28-32,34,40-42,44-45H,14-17H2,1-13H3;3H/t18-,19-,20+,21+,22-,23+,24+,25-,26?,28-,29+,30-,31+,32-,34+,35-,36-,37-;/m1./s1. The van der Waals surface area contributed by atoms with Gasteiger partial charge in [0.15, 0.2) is 12.6 Å². The summed E-state index contributed by atoms with van der Waals surface area (Å²) in [5.41, 5.74) is -4.84. The van der Waals surface area contributed by atoms with Gasteiger partial charge in [-0.05, 0) is 74.9 Å². The monoisotopic (exact) mass is 792 g/mol. The van der Waals surface area contributed by atoms with Crippen LogP contribution in [0.2, 0.25) is 0 Å². The first-order chi connectivity index (χ1) is 24.8. The van der Waals surface area contributed by atoms with Gasteiger partial charge in [0.1, 0.15) is 35.1 Å². The molecule has 5 N–H and O–H groups in total. The predicted molar refractivity (Wildman–Crippen MR) is 201 cm³/mol. The van der Waals surface area contributed by atoms with Crippen LogP contribution in [0.1, 0.15) is 94.9 Å². The second-order valence-electron chi connectivity index (χ2n) is 16.6. The Labute approximate surface area is 327 Å². The fourth-order valence-electron chi connectivity index (χ4n) is 8.41. The van der Waals surface area contributed by atoms with Crippen LogP contribution in [0.4, 0.5) is 0 Å². The number of carbonyl (C=O) groups is 2. The molecule has 314 valence electrons. The van der Waals surface area contributed by atoms with Crippen LogP contribution in [0, 0.1) is 34.3 Å². The second-order valence-corrected chi connectivity index (χ2v) is 16.8. The molecule has 0 bridgehead atoms. The van der Waals surface area contributed by atoms with Crippen molar-refractivity contribution in [3.8, 4) is 5.40 Å². The Morgan fingerprint density at radius 3 is 2.04 bits per heavy atom. The van der Waals surface area contributed by atoms with E-state index in [4.69, 9.17) is 33.7 Å². The Morgan fingerprint density at radius 2 is 1.52 bits per heavy atom. The van der Waals surface area contributed by atoms with Crippen molar-refractivity contribution in [3.63, 3.8) is 0 Å². The maximum Gasteiger partial charge on any atom is 0.311 e. The van der Waals surface area contributed by atoms with E-state index in [0.29, 0.717) is 6.42 Å². The van der Waals surface area contributed by atoms with E-state index in [1.807, 2.05) is 25.9 Å². The van der Waals surface area contributed by atoms with E-state index >= 15 is 0 Å². The van der Waals surface area contributed by atoms with E-state index in [0.717, 1.165) is 0 Å².